The highest BCUT2D eigenvalue weighted by molar-refractivity contribution is 7.11. The monoisotopic (exact) mass is 268 g/mol. The molecule has 100 valence electrons. The summed E-state index contributed by atoms with van der Waals surface area (Å²) in [5, 5.41) is 8.98. The van der Waals surface area contributed by atoms with Crippen molar-refractivity contribution in [3.8, 4) is 0 Å². The number of thiophene rings is 1. The first-order valence-corrected chi connectivity index (χ1v) is 7.12. The fraction of sp³-hybridized carbons (Fsp3) is 0.615. The third-order valence-electron chi connectivity index (χ3n) is 3.49. The maximum atomic E-state index is 10.9. The van der Waals surface area contributed by atoms with Crippen molar-refractivity contribution in [1.82, 2.24) is 9.80 Å². The highest BCUT2D eigenvalue weighted by Gasteiger charge is 2.25. The van der Waals surface area contributed by atoms with E-state index in [1.54, 1.807) is 6.92 Å². The maximum Gasteiger partial charge on any atom is 0.320 e. The van der Waals surface area contributed by atoms with Gasteiger partial charge in [-0.3, -0.25) is 14.6 Å². The van der Waals surface area contributed by atoms with Crippen LogP contribution in [0.15, 0.2) is 12.1 Å². The molecule has 18 heavy (non-hydrogen) atoms. The lowest BCUT2D eigenvalue weighted by Gasteiger charge is -2.36. The van der Waals surface area contributed by atoms with Gasteiger partial charge in [0.25, 0.3) is 0 Å². The van der Waals surface area contributed by atoms with Crippen LogP contribution in [0, 0.1) is 6.92 Å². The number of hydrogen-bond acceptors (Lipinski definition) is 4. The van der Waals surface area contributed by atoms with Gasteiger partial charge in [0.1, 0.15) is 6.04 Å². The number of piperazine rings is 1. The molecule has 1 saturated heterocycles. The van der Waals surface area contributed by atoms with Crippen molar-refractivity contribution < 1.29 is 9.90 Å². The molecule has 1 aliphatic rings. The molecule has 0 bridgehead atoms. The molecule has 0 aliphatic carbocycles. The van der Waals surface area contributed by atoms with Gasteiger partial charge in [0.05, 0.1) is 0 Å². The number of carboxylic acid groups (broad SMARTS) is 1. The second-order valence-corrected chi connectivity index (χ2v) is 6.21. The Morgan fingerprint density at radius 2 is 2.06 bits per heavy atom. The zero-order valence-corrected chi connectivity index (χ0v) is 11.7. The fourth-order valence-corrected chi connectivity index (χ4v) is 3.19. The molecular weight excluding hydrogens is 248 g/mol. The van der Waals surface area contributed by atoms with Crippen LogP contribution in [0.3, 0.4) is 0 Å². The third-order valence-corrected chi connectivity index (χ3v) is 4.47. The van der Waals surface area contributed by atoms with Crippen molar-refractivity contribution in [2.75, 3.05) is 26.2 Å². The number of hydrogen-bond donors (Lipinski definition) is 1. The van der Waals surface area contributed by atoms with Gasteiger partial charge in [-0.15, -0.1) is 11.3 Å². The minimum absolute atomic E-state index is 0.365. The van der Waals surface area contributed by atoms with E-state index in [0.717, 1.165) is 32.7 Å². The van der Waals surface area contributed by atoms with Crippen LogP contribution in [0.1, 0.15) is 16.7 Å². The summed E-state index contributed by atoms with van der Waals surface area (Å²) in [6.45, 7) is 8.48. The van der Waals surface area contributed by atoms with Gasteiger partial charge in [-0.2, -0.15) is 0 Å². The van der Waals surface area contributed by atoms with Gasteiger partial charge >= 0.3 is 5.97 Å². The molecule has 1 N–H and O–H groups in total. The molecule has 1 unspecified atom stereocenters. The lowest BCUT2D eigenvalue weighted by Crippen LogP contribution is -2.51. The number of aryl methyl sites for hydroxylation is 1. The summed E-state index contributed by atoms with van der Waals surface area (Å²) in [5.41, 5.74) is 0. The molecule has 1 aliphatic heterocycles. The van der Waals surface area contributed by atoms with E-state index in [2.05, 4.69) is 24.0 Å². The Morgan fingerprint density at radius 1 is 1.39 bits per heavy atom. The van der Waals surface area contributed by atoms with Crippen molar-refractivity contribution in [3.05, 3.63) is 21.9 Å². The first-order valence-electron chi connectivity index (χ1n) is 6.31. The second-order valence-electron chi connectivity index (χ2n) is 4.84. The van der Waals surface area contributed by atoms with E-state index in [1.165, 1.54) is 9.75 Å². The second kappa shape index (κ2) is 5.82. The summed E-state index contributed by atoms with van der Waals surface area (Å²) >= 11 is 1.84. The van der Waals surface area contributed by atoms with E-state index < -0.39 is 5.97 Å². The Balaban J connectivity index is 1.81. The maximum absolute atomic E-state index is 10.9. The van der Waals surface area contributed by atoms with Crippen molar-refractivity contribution in [2.24, 2.45) is 0 Å². The highest BCUT2D eigenvalue weighted by atomic mass is 32.1. The molecular formula is C13H20N2O2S. The lowest BCUT2D eigenvalue weighted by molar-refractivity contribution is -0.143. The van der Waals surface area contributed by atoms with E-state index in [4.69, 9.17) is 5.11 Å². The normalized spacial score (nSPS) is 19.9. The molecule has 1 aromatic heterocycles. The molecule has 0 saturated carbocycles. The molecule has 1 atom stereocenters. The molecule has 2 heterocycles. The van der Waals surface area contributed by atoms with Crippen molar-refractivity contribution >= 4 is 17.3 Å². The number of nitrogens with zero attached hydrogens (tertiary/aromatic N) is 2. The van der Waals surface area contributed by atoms with E-state index in [0.29, 0.717) is 0 Å². The first kappa shape index (κ1) is 13.5. The highest BCUT2D eigenvalue weighted by Crippen LogP contribution is 2.18. The van der Waals surface area contributed by atoms with Gasteiger partial charge in [0, 0.05) is 42.5 Å². The van der Waals surface area contributed by atoms with Gasteiger partial charge < -0.3 is 5.11 Å². The fourth-order valence-electron chi connectivity index (χ4n) is 2.26. The van der Waals surface area contributed by atoms with E-state index >= 15 is 0 Å². The van der Waals surface area contributed by atoms with Gasteiger partial charge in [0.15, 0.2) is 0 Å². The van der Waals surface area contributed by atoms with Gasteiger partial charge in [0.2, 0.25) is 0 Å². The molecule has 0 aromatic carbocycles. The van der Waals surface area contributed by atoms with Crippen LogP contribution < -0.4 is 0 Å². The van der Waals surface area contributed by atoms with Crippen molar-refractivity contribution in [2.45, 2.75) is 26.4 Å². The number of aliphatic carboxylic acids is 1. The summed E-state index contributed by atoms with van der Waals surface area (Å²) in [5.74, 6) is -0.725. The molecule has 0 radical (unpaired) electrons. The smallest absolute Gasteiger partial charge is 0.320 e. The van der Waals surface area contributed by atoms with E-state index in [-0.39, 0.29) is 6.04 Å². The number of carboxylic acids is 1. The standard InChI is InChI=1S/C13H20N2O2S/c1-10-3-4-12(18-10)9-14-5-7-15(8-6-14)11(2)13(16)17/h3-4,11H,5-9H2,1-2H3,(H,16,17). The van der Waals surface area contributed by atoms with Crippen LogP contribution in [0.25, 0.3) is 0 Å². The van der Waals surface area contributed by atoms with Crippen LogP contribution in [0.2, 0.25) is 0 Å². The molecule has 4 nitrogen and oxygen atoms in total. The average Bonchev–Trinajstić information content (AvgIpc) is 2.75. The number of carbonyl (C=O) groups is 1. The molecule has 5 heteroatoms. The lowest BCUT2D eigenvalue weighted by atomic mass is 10.2. The van der Waals surface area contributed by atoms with Crippen LogP contribution in [-0.4, -0.2) is 53.1 Å². The van der Waals surface area contributed by atoms with Gasteiger partial charge in [-0.1, -0.05) is 0 Å². The molecule has 0 spiro atoms. The Kier molecular flexibility index (Phi) is 4.37. The summed E-state index contributed by atoms with van der Waals surface area (Å²) in [6, 6.07) is 3.98. The first-order chi connectivity index (χ1) is 8.56. The molecule has 0 amide bonds. The van der Waals surface area contributed by atoms with Gasteiger partial charge in [-0.25, -0.2) is 0 Å². The molecule has 1 aromatic rings. The van der Waals surface area contributed by atoms with Crippen LogP contribution in [0.4, 0.5) is 0 Å². The zero-order valence-electron chi connectivity index (χ0n) is 10.9. The summed E-state index contributed by atoms with van der Waals surface area (Å²) in [6.07, 6.45) is 0. The molecule has 1 fully saturated rings. The SMILES string of the molecule is Cc1ccc(CN2CCN(C(C)C(=O)O)CC2)s1. The summed E-state index contributed by atoms with van der Waals surface area (Å²) in [4.78, 5) is 18.1. The van der Waals surface area contributed by atoms with Crippen LogP contribution in [-0.2, 0) is 11.3 Å². The largest absolute Gasteiger partial charge is 0.480 e. The average molecular weight is 268 g/mol. The van der Waals surface area contributed by atoms with Crippen molar-refractivity contribution in [1.29, 1.82) is 0 Å². The summed E-state index contributed by atoms with van der Waals surface area (Å²) < 4.78 is 0. The summed E-state index contributed by atoms with van der Waals surface area (Å²) in [7, 11) is 0. The minimum atomic E-state index is -0.725. The quantitative estimate of drug-likeness (QED) is 0.902. The predicted molar refractivity (Wildman–Crippen MR) is 73.0 cm³/mol. The van der Waals surface area contributed by atoms with Crippen LogP contribution >= 0.6 is 11.3 Å². The topological polar surface area (TPSA) is 43.8 Å². The molecule has 2 rings (SSSR count). The van der Waals surface area contributed by atoms with E-state index in [1.807, 2.05) is 16.2 Å². The number of rotatable bonds is 4. The minimum Gasteiger partial charge on any atom is -0.480 e. The van der Waals surface area contributed by atoms with Crippen molar-refractivity contribution in [3.63, 3.8) is 0 Å². The predicted octanol–water partition coefficient (Wildman–Crippen LogP) is 1.65. The third kappa shape index (κ3) is 3.31. The Morgan fingerprint density at radius 3 is 2.56 bits per heavy atom. The van der Waals surface area contributed by atoms with Gasteiger partial charge in [-0.05, 0) is 26.0 Å². The Labute approximate surface area is 112 Å². The van der Waals surface area contributed by atoms with Crippen LogP contribution in [0.5, 0.6) is 0 Å². The van der Waals surface area contributed by atoms with E-state index in [9.17, 15) is 4.79 Å². The Bertz CT molecular complexity index is 411. The zero-order chi connectivity index (χ0) is 13.1. The Hall–Kier alpha value is -0.910.